The Balaban J connectivity index is 1.46. The number of thiophene rings is 1. The highest BCUT2D eigenvalue weighted by molar-refractivity contribution is 7.13. The fourth-order valence-corrected chi connectivity index (χ4v) is 4.59. The molecule has 1 aliphatic rings. The number of amides is 1. The Hall–Kier alpha value is -2.68. The molecular weight excluding hydrogens is 408 g/mol. The van der Waals surface area contributed by atoms with Crippen molar-refractivity contribution in [3.63, 3.8) is 0 Å². The van der Waals surface area contributed by atoms with Gasteiger partial charge in [0.15, 0.2) is 5.82 Å². The van der Waals surface area contributed by atoms with Crippen molar-refractivity contribution >= 4 is 23.1 Å². The SMILES string of the molecule is CCC1CC(NCC(=O)Nc2cc(-c3ccccn3)nc(-c3cccs3)n2)CCN1C. The quantitative estimate of drug-likeness (QED) is 0.588. The molecule has 0 aromatic carbocycles. The highest BCUT2D eigenvalue weighted by atomic mass is 32.1. The Morgan fingerprint density at radius 3 is 2.87 bits per heavy atom. The number of rotatable bonds is 7. The summed E-state index contributed by atoms with van der Waals surface area (Å²) in [6.07, 6.45) is 4.99. The number of nitrogens with one attached hydrogen (secondary N) is 2. The van der Waals surface area contributed by atoms with Crippen LogP contribution in [0.4, 0.5) is 5.82 Å². The van der Waals surface area contributed by atoms with Gasteiger partial charge in [0.05, 0.1) is 22.8 Å². The monoisotopic (exact) mass is 436 g/mol. The molecule has 2 N–H and O–H groups in total. The number of likely N-dealkylation sites (tertiary alicyclic amines) is 1. The van der Waals surface area contributed by atoms with Crippen LogP contribution < -0.4 is 10.6 Å². The second-order valence-electron chi connectivity index (χ2n) is 7.85. The van der Waals surface area contributed by atoms with Gasteiger partial charge in [-0.1, -0.05) is 19.1 Å². The van der Waals surface area contributed by atoms with E-state index in [1.54, 1.807) is 23.6 Å². The van der Waals surface area contributed by atoms with E-state index in [9.17, 15) is 4.79 Å². The van der Waals surface area contributed by atoms with E-state index in [2.05, 4.69) is 44.5 Å². The smallest absolute Gasteiger partial charge is 0.239 e. The number of carbonyl (C=O) groups excluding carboxylic acids is 1. The molecule has 2 unspecified atom stereocenters. The van der Waals surface area contributed by atoms with Crippen LogP contribution in [-0.2, 0) is 4.79 Å². The van der Waals surface area contributed by atoms with Crippen LogP contribution in [0.3, 0.4) is 0 Å². The van der Waals surface area contributed by atoms with Gasteiger partial charge in [-0.15, -0.1) is 11.3 Å². The molecule has 0 spiro atoms. The number of hydrogen-bond donors (Lipinski definition) is 2. The zero-order valence-electron chi connectivity index (χ0n) is 17.9. The average molecular weight is 437 g/mol. The van der Waals surface area contributed by atoms with E-state index in [0.717, 1.165) is 36.4 Å². The number of hydrogen-bond acceptors (Lipinski definition) is 7. The topological polar surface area (TPSA) is 83.0 Å². The molecule has 1 saturated heterocycles. The Bertz CT molecular complexity index is 995. The minimum atomic E-state index is -0.102. The number of pyridine rings is 1. The first-order chi connectivity index (χ1) is 15.1. The summed E-state index contributed by atoms with van der Waals surface area (Å²) in [5, 5.41) is 8.35. The average Bonchev–Trinajstić information content (AvgIpc) is 3.34. The maximum absolute atomic E-state index is 12.7. The van der Waals surface area contributed by atoms with Gasteiger partial charge in [0, 0.05) is 24.3 Å². The van der Waals surface area contributed by atoms with E-state index in [1.807, 2.05) is 35.7 Å². The van der Waals surface area contributed by atoms with Crippen LogP contribution in [0.2, 0.25) is 0 Å². The van der Waals surface area contributed by atoms with Crippen LogP contribution >= 0.6 is 11.3 Å². The van der Waals surface area contributed by atoms with Gasteiger partial charge in [0.25, 0.3) is 0 Å². The third kappa shape index (κ3) is 5.52. The summed E-state index contributed by atoms with van der Waals surface area (Å²) >= 11 is 1.56. The lowest BCUT2D eigenvalue weighted by Gasteiger charge is -2.37. The highest BCUT2D eigenvalue weighted by Gasteiger charge is 2.24. The van der Waals surface area contributed by atoms with Crippen LogP contribution in [0, 0.1) is 0 Å². The molecule has 0 bridgehead atoms. The molecule has 0 radical (unpaired) electrons. The molecular formula is C23H28N6OS. The van der Waals surface area contributed by atoms with Gasteiger partial charge in [-0.2, -0.15) is 0 Å². The standard InChI is InChI=1S/C23H28N6OS/c1-3-17-13-16(9-11-29(17)2)25-15-22(30)27-21-14-19(18-7-4-5-10-24-18)26-23(28-21)20-8-6-12-31-20/h4-8,10,12,14,16-17,25H,3,9,11,13,15H2,1-2H3,(H,26,27,28,30). The van der Waals surface area contributed by atoms with Crippen molar-refractivity contribution < 1.29 is 4.79 Å². The molecule has 3 aromatic rings. The molecule has 1 amide bonds. The van der Waals surface area contributed by atoms with Gasteiger partial charge in [0.2, 0.25) is 5.91 Å². The van der Waals surface area contributed by atoms with Gasteiger partial charge in [-0.05, 0) is 56.4 Å². The first kappa shape index (κ1) is 21.5. The van der Waals surface area contributed by atoms with E-state index in [0.29, 0.717) is 29.4 Å². The van der Waals surface area contributed by atoms with Crippen molar-refractivity contribution in [3.8, 4) is 22.1 Å². The maximum atomic E-state index is 12.7. The van der Waals surface area contributed by atoms with Crippen LogP contribution in [0.25, 0.3) is 22.1 Å². The number of carbonyl (C=O) groups is 1. The molecule has 0 saturated carbocycles. The minimum Gasteiger partial charge on any atom is -0.309 e. The van der Waals surface area contributed by atoms with Crippen molar-refractivity contribution in [3.05, 3.63) is 48.0 Å². The lowest BCUT2D eigenvalue weighted by atomic mass is 9.96. The molecule has 2 atom stereocenters. The summed E-state index contributed by atoms with van der Waals surface area (Å²) in [4.78, 5) is 29.6. The van der Waals surface area contributed by atoms with Crippen LogP contribution in [0.5, 0.6) is 0 Å². The van der Waals surface area contributed by atoms with Crippen molar-refractivity contribution in [1.82, 2.24) is 25.2 Å². The predicted molar refractivity (Wildman–Crippen MR) is 125 cm³/mol. The summed E-state index contributed by atoms with van der Waals surface area (Å²) in [5.41, 5.74) is 1.43. The van der Waals surface area contributed by atoms with Gasteiger partial charge in [-0.3, -0.25) is 9.78 Å². The molecule has 3 aromatic heterocycles. The number of nitrogens with zero attached hydrogens (tertiary/aromatic N) is 4. The van der Waals surface area contributed by atoms with Crippen molar-refractivity contribution in [2.75, 3.05) is 25.5 Å². The molecule has 4 rings (SSSR count). The summed E-state index contributed by atoms with van der Waals surface area (Å²) in [7, 11) is 2.18. The van der Waals surface area contributed by atoms with Gasteiger partial charge in [-0.25, -0.2) is 9.97 Å². The number of piperidine rings is 1. The van der Waals surface area contributed by atoms with Crippen LogP contribution in [0.1, 0.15) is 26.2 Å². The molecule has 162 valence electrons. The highest BCUT2D eigenvalue weighted by Crippen LogP contribution is 2.26. The zero-order valence-corrected chi connectivity index (χ0v) is 18.7. The van der Waals surface area contributed by atoms with Crippen molar-refractivity contribution in [2.45, 2.75) is 38.3 Å². The molecule has 1 aliphatic heterocycles. The zero-order chi connectivity index (χ0) is 21.6. The molecule has 1 fully saturated rings. The first-order valence-corrected chi connectivity index (χ1v) is 11.6. The normalized spacial score (nSPS) is 19.3. The maximum Gasteiger partial charge on any atom is 0.239 e. The van der Waals surface area contributed by atoms with E-state index in [-0.39, 0.29) is 12.5 Å². The van der Waals surface area contributed by atoms with Crippen molar-refractivity contribution in [2.24, 2.45) is 0 Å². The van der Waals surface area contributed by atoms with Crippen LogP contribution in [-0.4, -0.2) is 58.0 Å². The fraction of sp³-hybridized carbons (Fsp3) is 0.391. The van der Waals surface area contributed by atoms with Gasteiger partial charge >= 0.3 is 0 Å². The Morgan fingerprint density at radius 1 is 1.23 bits per heavy atom. The third-order valence-electron chi connectivity index (χ3n) is 5.70. The van der Waals surface area contributed by atoms with Gasteiger partial charge in [0.1, 0.15) is 5.82 Å². The Kier molecular flexibility index (Phi) is 7.01. The Morgan fingerprint density at radius 2 is 2.13 bits per heavy atom. The second kappa shape index (κ2) is 10.1. The molecule has 8 heteroatoms. The van der Waals surface area contributed by atoms with Crippen molar-refractivity contribution in [1.29, 1.82) is 0 Å². The number of anilines is 1. The van der Waals surface area contributed by atoms with E-state index >= 15 is 0 Å². The van der Waals surface area contributed by atoms with E-state index in [4.69, 9.17) is 0 Å². The summed E-state index contributed by atoms with van der Waals surface area (Å²) in [5.74, 6) is 0.970. The molecule has 31 heavy (non-hydrogen) atoms. The second-order valence-corrected chi connectivity index (χ2v) is 8.80. The Labute approximate surface area is 187 Å². The predicted octanol–water partition coefficient (Wildman–Crippen LogP) is 3.67. The summed E-state index contributed by atoms with van der Waals surface area (Å²) in [6.45, 7) is 3.54. The lowest BCUT2D eigenvalue weighted by Crippen LogP contribution is -2.48. The summed E-state index contributed by atoms with van der Waals surface area (Å²) < 4.78 is 0. The third-order valence-corrected chi connectivity index (χ3v) is 6.56. The molecule has 4 heterocycles. The summed E-state index contributed by atoms with van der Waals surface area (Å²) in [6, 6.07) is 12.3. The fourth-order valence-electron chi connectivity index (χ4n) is 3.93. The largest absolute Gasteiger partial charge is 0.309 e. The number of aromatic nitrogens is 3. The first-order valence-electron chi connectivity index (χ1n) is 10.7. The van der Waals surface area contributed by atoms with Crippen LogP contribution in [0.15, 0.2) is 48.0 Å². The minimum absolute atomic E-state index is 0.102. The van der Waals surface area contributed by atoms with E-state index < -0.39 is 0 Å². The van der Waals surface area contributed by atoms with E-state index in [1.165, 1.54) is 0 Å². The molecule has 0 aliphatic carbocycles. The van der Waals surface area contributed by atoms with Gasteiger partial charge < -0.3 is 15.5 Å². The lowest BCUT2D eigenvalue weighted by molar-refractivity contribution is -0.115. The molecule has 7 nitrogen and oxygen atoms in total.